The second-order valence-electron chi connectivity index (χ2n) is 7.62. The van der Waals surface area contributed by atoms with E-state index >= 15 is 0 Å². The number of aryl methyl sites for hydroxylation is 2. The molecule has 0 radical (unpaired) electrons. The van der Waals surface area contributed by atoms with E-state index < -0.39 is 5.97 Å². The van der Waals surface area contributed by atoms with Crippen LogP contribution in [0.4, 0.5) is 0 Å². The molecule has 0 bridgehead atoms. The average Bonchev–Trinajstić information content (AvgIpc) is 2.95. The molecule has 0 aliphatic heterocycles. The highest BCUT2D eigenvalue weighted by Gasteiger charge is 2.20. The summed E-state index contributed by atoms with van der Waals surface area (Å²) >= 11 is 0. The van der Waals surface area contributed by atoms with E-state index in [1.807, 2.05) is 12.1 Å². The maximum absolute atomic E-state index is 11.1. The zero-order valence-electron chi connectivity index (χ0n) is 18.0. The van der Waals surface area contributed by atoms with Crippen molar-refractivity contribution in [2.45, 2.75) is 79.4 Å². The molecule has 2 rings (SSSR count). The lowest BCUT2D eigenvalue weighted by Crippen LogP contribution is -2.29. The highest BCUT2D eigenvalue weighted by molar-refractivity contribution is 5.87. The lowest BCUT2D eigenvalue weighted by Gasteiger charge is -2.30. The molecule has 1 aromatic carbocycles. The minimum absolute atomic E-state index is 0.212. The molecule has 0 saturated heterocycles. The Morgan fingerprint density at radius 3 is 2.36 bits per heavy atom. The summed E-state index contributed by atoms with van der Waals surface area (Å²) in [5, 5.41) is 9.15. The lowest BCUT2D eigenvalue weighted by atomic mass is 10.0. The highest BCUT2D eigenvalue weighted by atomic mass is 16.4. The SMILES string of the molecule is CCCCN(Cc1c(C)nc(C)n1CCCC)C(C)c1ccc(C(=O)O)cc1. The minimum atomic E-state index is -0.882. The Labute approximate surface area is 169 Å². The quantitative estimate of drug-likeness (QED) is 0.565. The Balaban J connectivity index is 2.27. The van der Waals surface area contributed by atoms with Crippen molar-refractivity contribution in [3.8, 4) is 0 Å². The summed E-state index contributed by atoms with van der Waals surface area (Å²) in [7, 11) is 0. The monoisotopic (exact) mass is 385 g/mol. The van der Waals surface area contributed by atoms with Gasteiger partial charge >= 0.3 is 5.97 Å². The van der Waals surface area contributed by atoms with Crippen molar-refractivity contribution in [1.29, 1.82) is 0 Å². The molecule has 0 spiro atoms. The maximum atomic E-state index is 11.1. The van der Waals surface area contributed by atoms with Crippen molar-refractivity contribution < 1.29 is 9.90 Å². The van der Waals surface area contributed by atoms with Crippen LogP contribution < -0.4 is 0 Å². The first-order chi connectivity index (χ1) is 13.4. The van der Waals surface area contributed by atoms with Gasteiger partial charge in [0.15, 0.2) is 0 Å². The summed E-state index contributed by atoms with van der Waals surface area (Å²) in [5.74, 6) is 0.211. The van der Waals surface area contributed by atoms with Crippen molar-refractivity contribution in [3.05, 3.63) is 52.6 Å². The van der Waals surface area contributed by atoms with E-state index in [4.69, 9.17) is 10.1 Å². The topological polar surface area (TPSA) is 58.4 Å². The number of carboxylic acid groups (broad SMARTS) is 1. The van der Waals surface area contributed by atoms with Gasteiger partial charge in [-0.05, 0) is 57.9 Å². The van der Waals surface area contributed by atoms with E-state index in [0.717, 1.165) is 56.0 Å². The Bertz CT molecular complexity index is 765. The molecule has 5 nitrogen and oxygen atoms in total. The van der Waals surface area contributed by atoms with Crippen molar-refractivity contribution in [1.82, 2.24) is 14.5 Å². The first-order valence-corrected chi connectivity index (χ1v) is 10.5. The van der Waals surface area contributed by atoms with E-state index in [0.29, 0.717) is 5.56 Å². The Kier molecular flexibility index (Phi) is 8.24. The Morgan fingerprint density at radius 2 is 1.79 bits per heavy atom. The van der Waals surface area contributed by atoms with Crippen LogP contribution in [0.15, 0.2) is 24.3 Å². The number of imidazole rings is 1. The van der Waals surface area contributed by atoms with Crippen LogP contribution in [0.3, 0.4) is 0 Å². The van der Waals surface area contributed by atoms with Crippen molar-refractivity contribution in [2.75, 3.05) is 6.54 Å². The van der Waals surface area contributed by atoms with Crippen LogP contribution in [0.1, 0.15) is 85.6 Å². The van der Waals surface area contributed by atoms with Gasteiger partial charge in [0.2, 0.25) is 0 Å². The molecule has 0 amide bonds. The third kappa shape index (κ3) is 5.44. The molecule has 0 saturated carbocycles. The van der Waals surface area contributed by atoms with Gasteiger partial charge in [-0.2, -0.15) is 0 Å². The Morgan fingerprint density at radius 1 is 1.14 bits per heavy atom. The molecular formula is C23H35N3O2. The first-order valence-electron chi connectivity index (χ1n) is 10.5. The number of unbranched alkanes of at least 4 members (excludes halogenated alkanes) is 2. The van der Waals surface area contributed by atoms with Gasteiger partial charge in [-0.1, -0.05) is 38.8 Å². The van der Waals surface area contributed by atoms with Gasteiger partial charge in [-0.25, -0.2) is 9.78 Å². The van der Waals surface area contributed by atoms with Crippen LogP contribution in [0.25, 0.3) is 0 Å². The number of carboxylic acids is 1. The fraction of sp³-hybridized carbons (Fsp3) is 0.565. The molecule has 1 N–H and O–H groups in total. The van der Waals surface area contributed by atoms with Gasteiger partial charge in [-0.3, -0.25) is 4.90 Å². The third-order valence-electron chi connectivity index (χ3n) is 5.54. The molecule has 0 aliphatic carbocycles. The van der Waals surface area contributed by atoms with E-state index in [1.54, 1.807) is 12.1 Å². The van der Waals surface area contributed by atoms with Gasteiger partial charge in [0, 0.05) is 19.1 Å². The summed E-state index contributed by atoms with van der Waals surface area (Å²) in [4.78, 5) is 18.4. The fourth-order valence-electron chi connectivity index (χ4n) is 3.65. The van der Waals surface area contributed by atoms with Crippen LogP contribution in [-0.2, 0) is 13.1 Å². The third-order valence-corrected chi connectivity index (χ3v) is 5.54. The number of hydrogen-bond donors (Lipinski definition) is 1. The Hall–Kier alpha value is -2.14. The number of benzene rings is 1. The van der Waals surface area contributed by atoms with E-state index in [9.17, 15) is 4.79 Å². The van der Waals surface area contributed by atoms with Crippen LogP contribution in [0.5, 0.6) is 0 Å². The van der Waals surface area contributed by atoms with Crippen molar-refractivity contribution in [3.63, 3.8) is 0 Å². The van der Waals surface area contributed by atoms with Crippen molar-refractivity contribution in [2.24, 2.45) is 0 Å². The van der Waals surface area contributed by atoms with E-state index in [-0.39, 0.29) is 6.04 Å². The predicted octanol–water partition coefficient (Wildman–Crippen LogP) is 5.36. The summed E-state index contributed by atoms with van der Waals surface area (Å²) in [6, 6.07) is 7.50. The predicted molar refractivity (Wildman–Crippen MR) is 114 cm³/mol. The van der Waals surface area contributed by atoms with Crippen LogP contribution >= 0.6 is 0 Å². The number of nitrogens with zero attached hydrogens (tertiary/aromatic N) is 3. The normalized spacial score (nSPS) is 12.5. The van der Waals surface area contributed by atoms with Gasteiger partial charge in [-0.15, -0.1) is 0 Å². The fourth-order valence-corrected chi connectivity index (χ4v) is 3.65. The van der Waals surface area contributed by atoms with Crippen LogP contribution in [0.2, 0.25) is 0 Å². The van der Waals surface area contributed by atoms with E-state index in [2.05, 4.69) is 44.1 Å². The molecule has 28 heavy (non-hydrogen) atoms. The van der Waals surface area contributed by atoms with Gasteiger partial charge in [0.05, 0.1) is 17.0 Å². The summed E-state index contributed by atoms with van der Waals surface area (Å²) in [5.41, 5.74) is 3.90. The van der Waals surface area contributed by atoms with Crippen LogP contribution in [-0.4, -0.2) is 32.1 Å². The van der Waals surface area contributed by atoms with Gasteiger partial charge < -0.3 is 9.67 Å². The van der Waals surface area contributed by atoms with Crippen LogP contribution in [0, 0.1) is 13.8 Å². The molecule has 0 aliphatic rings. The first kappa shape index (κ1) is 22.2. The summed E-state index contributed by atoms with van der Waals surface area (Å²) in [6.07, 6.45) is 4.61. The molecule has 1 aromatic heterocycles. The zero-order valence-corrected chi connectivity index (χ0v) is 18.0. The van der Waals surface area contributed by atoms with Gasteiger partial charge in [0.1, 0.15) is 5.82 Å². The largest absolute Gasteiger partial charge is 0.478 e. The number of aromatic nitrogens is 2. The lowest BCUT2D eigenvalue weighted by molar-refractivity contribution is 0.0697. The molecule has 2 aromatic rings. The molecule has 0 fully saturated rings. The second-order valence-corrected chi connectivity index (χ2v) is 7.62. The molecule has 5 heteroatoms. The molecular weight excluding hydrogens is 350 g/mol. The molecule has 1 heterocycles. The second kappa shape index (κ2) is 10.4. The molecule has 1 unspecified atom stereocenters. The smallest absolute Gasteiger partial charge is 0.335 e. The number of carbonyl (C=O) groups is 1. The maximum Gasteiger partial charge on any atom is 0.335 e. The number of hydrogen-bond acceptors (Lipinski definition) is 3. The highest BCUT2D eigenvalue weighted by Crippen LogP contribution is 2.25. The standard InChI is InChI=1S/C23H35N3O2/c1-6-8-14-25(18(4)20-10-12-21(13-11-20)23(27)28)16-22-17(3)24-19(5)26(22)15-9-7-2/h10-13,18H,6-9,14-16H2,1-5H3,(H,27,28). The number of aromatic carboxylic acids is 1. The minimum Gasteiger partial charge on any atom is -0.478 e. The average molecular weight is 386 g/mol. The molecule has 1 atom stereocenters. The molecule has 154 valence electrons. The van der Waals surface area contributed by atoms with E-state index in [1.165, 1.54) is 12.1 Å². The summed E-state index contributed by atoms with van der Waals surface area (Å²) in [6.45, 7) is 13.7. The summed E-state index contributed by atoms with van der Waals surface area (Å²) < 4.78 is 2.37. The van der Waals surface area contributed by atoms with Crippen molar-refractivity contribution >= 4 is 5.97 Å². The number of rotatable bonds is 11. The van der Waals surface area contributed by atoms with Gasteiger partial charge in [0.25, 0.3) is 0 Å². The zero-order chi connectivity index (χ0) is 20.7.